The number of carbonyl (C=O) groups is 3. The normalized spacial score (nSPS) is 19.6. The lowest BCUT2D eigenvalue weighted by atomic mass is 9.71. The molecule has 2 rings (SSSR count). The number of ether oxygens (including phenoxy) is 2. The van der Waals surface area contributed by atoms with Crippen LogP contribution >= 0.6 is 0 Å². The fraction of sp³-hybridized carbons (Fsp3) is 0.348. The number of carbonyl (C=O) groups excluding carboxylic acids is 3. The number of allylic oxidation sites excluding steroid dienone is 5. The van der Waals surface area contributed by atoms with E-state index < -0.39 is 12.1 Å². The summed E-state index contributed by atoms with van der Waals surface area (Å²) >= 11 is 0. The molecule has 0 spiro atoms. The molecule has 148 valence electrons. The van der Waals surface area contributed by atoms with E-state index in [2.05, 4.69) is 0 Å². The molecule has 0 unspecified atom stereocenters. The minimum Gasteiger partial charge on any atom is -0.482 e. The fourth-order valence-electron chi connectivity index (χ4n) is 3.22. The van der Waals surface area contributed by atoms with Crippen LogP contribution in [0.5, 0.6) is 5.75 Å². The number of para-hydroxylation sites is 1. The number of benzene rings is 1. The van der Waals surface area contributed by atoms with Crippen LogP contribution < -0.4 is 4.74 Å². The van der Waals surface area contributed by atoms with Gasteiger partial charge in [0.25, 0.3) is 0 Å². The number of Topliss-reactive ketones (excluding diaryl/α,β-unsaturated/α-hetero) is 1. The van der Waals surface area contributed by atoms with Crippen molar-refractivity contribution < 1.29 is 23.9 Å². The van der Waals surface area contributed by atoms with E-state index >= 15 is 0 Å². The van der Waals surface area contributed by atoms with Crippen LogP contribution in [0.25, 0.3) is 0 Å². The second kappa shape index (κ2) is 9.31. The molecule has 1 aliphatic carbocycles. The zero-order chi connectivity index (χ0) is 20.7. The number of esters is 1. The second-order valence-electron chi connectivity index (χ2n) is 7.45. The average molecular weight is 382 g/mol. The van der Waals surface area contributed by atoms with E-state index in [0.29, 0.717) is 17.7 Å². The largest absolute Gasteiger partial charge is 0.482 e. The minimum absolute atomic E-state index is 0.205. The van der Waals surface area contributed by atoms with Gasteiger partial charge in [-0.2, -0.15) is 0 Å². The molecule has 0 bridgehead atoms. The van der Waals surface area contributed by atoms with Crippen molar-refractivity contribution in [2.75, 3.05) is 6.61 Å². The van der Waals surface area contributed by atoms with Crippen LogP contribution in [0, 0.1) is 5.41 Å². The van der Waals surface area contributed by atoms with Gasteiger partial charge in [0, 0.05) is 6.42 Å². The van der Waals surface area contributed by atoms with Crippen LogP contribution in [0.15, 0.2) is 65.3 Å². The monoisotopic (exact) mass is 382 g/mol. The SMILES string of the molecule is CC(C=CC1=C(C)C(=O)[C@@H](OC(=O)COc2ccccc2)CC1(C)C)=CC=O. The quantitative estimate of drug-likeness (QED) is 0.309. The highest BCUT2D eigenvalue weighted by atomic mass is 16.6. The fourth-order valence-corrected chi connectivity index (χ4v) is 3.22. The Balaban J connectivity index is 2.08. The zero-order valence-electron chi connectivity index (χ0n) is 16.7. The summed E-state index contributed by atoms with van der Waals surface area (Å²) in [6.45, 7) is 7.31. The third kappa shape index (κ3) is 5.52. The Bertz CT molecular complexity index is 828. The van der Waals surface area contributed by atoms with E-state index in [9.17, 15) is 14.4 Å². The molecule has 0 N–H and O–H groups in total. The summed E-state index contributed by atoms with van der Waals surface area (Å²) in [4.78, 5) is 35.4. The van der Waals surface area contributed by atoms with Gasteiger partial charge in [0.15, 0.2) is 18.5 Å². The van der Waals surface area contributed by atoms with Crippen LogP contribution in [0.2, 0.25) is 0 Å². The number of ketones is 1. The summed E-state index contributed by atoms with van der Waals surface area (Å²) < 4.78 is 10.8. The van der Waals surface area contributed by atoms with Crippen LogP contribution in [0.3, 0.4) is 0 Å². The van der Waals surface area contributed by atoms with Gasteiger partial charge >= 0.3 is 5.97 Å². The first-order chi connectivity index (χ1) is 13.2. The van der Waals surface area contributed by atoms with Crippen molar-refractivity contribution in [3.05, 3.63) is 65.3 Å². The van der Waals surface area contributed by atoms with E-state index in [0.717, 1.165) is 17.4 Å². The molecule has 0 aromatic heterocycles. The third-order valence-electron chi connectivity index (χ3n) is 4.71. The molecule has 1 aromatic rings. The van der Waals surface area contributed by atoms with Gasteiger partial charge in [0.05, 0.1) is 0 Å². The van der Waals surface area contributed by atoms with Gasteiger partial charge in [0.2, 0.25) is 0 Å². The van der Waals surface area contributed by atoms with Gasteiger partial charge < -0.3 is 9.47 Å². The Morgan fingerprint density at radius 1 is 1.25 bits per heavy atom. The molecule has 0 radical (unpaired) electrons. The summed E-state index contributed by atoms with van der Waals surface area (Å²) in [6, 6.07) is 8.96. The predicted octanol–water partition coefficient (Wildman–Crippen LogP) is 3.99. The van der Waals surface area contributed by atoms with Crippen molar-refractivity contribution in [3.8, 4) is 5.75 Å². The maximum atomic E-state index is 12.7. The molecule has 0 heterocycles. The molecule has 5 heteroatoms. The Labute approximate surface area is 165 Å². The second-order valence-corrected chi connectivity index (χ2v) is 7.45. The van der Waals surface area contributed by atoms with Gasteiger partial charge in [0.1, 0.15) is 12.0 Å². The molecule has 0 fully saturated rings. The van der Waals surface area contributed by atoms with Crippen molar-refractivity contribution in [2.24, 2.45) is 5.41 Å². The van der Waals surface area contributed by atoms with Gasteiger partial charge in [-0.05, 0) is 54.2 Å². The van der Waals surface area contributed by atoms with E-state index in [1.165, 1.54) is 6.08 Å². The highest BCUT2D eigenvalue weighted by Gasteiger charge is 2.39. The van der Waals surface area contributed by atoms with Crippen LogP contribution in [0.1, 0.15) is 34.1 Å². The van der Waals surface area contributed by atoms with Crippen molar-refractivity contribution in [1.82, 2.24) is 0 Å². The van der Waals surface area contributed by atoms with Gasteiger partial charge in [-0.1, -0.05) is 44.2 Å². The molecule has 5 nitrogen and oxygen atoms in total. The zero-order valence-corrected chi connectivity index (χ0v) is 16.7. The third-order valence-corrected chi connectivity index (χ3v) is 4.71. The topological polar surface area (TPSA) is 69.7 Å². The standard InChI is InChI=1S/C23H26O5/c1-16(12-13-24)10-11-19-17(2)22(26)20(14-23(19,3)4)28-21(25)15-27-18-8-6-5-7-9-18/h5-13,20H,14-15H2,1-4H3/t20-/m0/s1. The maximum Gasteiger partial charge on any atom is 0.344 e. The van der Waals surface area contributed by atoms with Crippen molar-refractivity contribution in [1.29, 1.82) is 0 Å². The maximum absolute atomic E-state index is 12.7. The molecule has 1 aliphatic rings. The smallest absolute Gasteiger partial charge is 0.344 e. The summed E-state index contributed by atoms with van der Waals surface area (Å²) in [6.07, 6.45) is 5.41. The molecular formula is C23H26O5. The van der Waals surface area contributed by atoms with E-state index in [1.807, 2.05) is 51.1 Å². The summed E-state index contributed by atoms with van der Waals surface area (Å²) in [7, 11) is 0. The first kappa shape index (κ1) is 21.4. The molecule has 0 saturated carbocycles. The number of aldehydes is 1. The van der Waals surface area contributed by atoms with Crippen LogP contribution in [-0.2, 0) is 19.1 Å². The Kier molecular flexibility index (Phi) is 7.10. The first-order valence-electron chi connectivity index (χ1n) is 9.17. The van der Waals surface area contributed by atoms with Crippen LogP contribution in [0.4, 0.5) is 0 Å². The van der Waals surface area contributed by atoms with Crippen LogP contribution in [-0.4, -0.2) is 30.7 Å². The Morgan fingerprint density at radius 2 is 1.93 bits per heavy atom. The molecule has 28 heavy (non-hydrogen) atoms. The molecule has 0 aliphatic heterocycles. The van der Waals surface area contributed by atoms with E-state index in [1.54, 1.807) is 19.1 Å². The average Bonchev–Trinajstić information content (AvgIpc) is 2.65. The van der Waals surface area contributed by atoms with Crippen molar-refractivity contribution >= 4 is 18.0 Å². The lowest BCUT2D eigenvalue weighted by molar-refractivity contribution is -0.158. The number of rotatable bonds is 7. The van der Waals surface area contributed by atoms with E-state index in [4.69, 9.17) is 9.47 Å². The van der Waals surface area contributed by atoms with Gasteiger partial charge in [-0.3, -0.25) is 9.59 Å². The predicted molar refractivity (Wildman–Crippen MR) is 107 cm³/mol. The lowest BCUT2D eigenvalue weighted by Gasteiger charge is -2.36. The van der Waals surface area contributed by atoms with Gasteiger partial charge in [-0.15, -0.1) is 0 Å². The highest BCUT2D eigenvalue weighted by Crippen LogP contribution is 2.40. The molecule has 1 aromatic carbocycles. The number of hydrogen-bond acceptors (Lipinski definition) is 5. The molecule has 0 amide bonds. The molecule has 0 saturated heterocycles. The summed E-state index contributed by atoms with van der Waals surface area (Å²) in [5.74, 6) is -0.212. The molecular weight excluding hydrogens is 356 g/mol. The van der Waals surface area contributed by atoms with Gasteiger partial charge in [-0.25, -0.2) is 4.79 Å². The Hall–Kier alpha value is -2.95. The number of hydrogen-bond donors (Lipinski definition) is 0. The van der Waals surface area contributed by atoms with Crippen molar-refractivity contribution in [2.45, 2.75) is 40.2 Å². The highest BCUT2D eigenvalue weighted by molar-refractivity contribution is 6.01. The Morgan fingerprint density at radius 3 is 2.57 bits per heavy atom. The lowest BCUT2D eigenvalue weighted by Crippen LogP contribution is -2.39. The summed E-state index contributed by atoms with van der Waals surface area (Å²) in [5, 5.41) is 0. The summed E-state index contributed by atoms with van der Waals surface area (Å²) in [5.41, 5.74) is 1.88. The van der Waals surface area contributed by atoms with Crippen molar-refractivity contribution in [3.63, 3.8) is 0 Å². The van der Waals surface area contributed by atoms with E-state index in [-0.39, 0.29) is 17.8 Å². The first-order valence-corrected chi connectivity index (χ1v) is 9.17. The molecule has 1 atom stereocenters. The minimum atomic E-state index is -0.828.